The zero-order valence-electron chi connectivity index (χ0n) is 18.2. The van der Waals surface area contributed by atoms with Crippen molar-refractivity contribution in [1.29, 1.82) is 0 Å². The molecule has 0 aliphatic carbocycles. The van der Waals surface area contributed by atoms with E-state index in [0.29, 0.717) is 30.5 Å². The Morgan fingerprint density at radius 1 is 1.10 bits per heavy atom. The molecule has 166 valence electrons. The number of halogens is 1. The van der Waals surface area contributed by atoms with Crippen LogP contribution < -0.4 is 15.5 Å². The minimum absolute atomic E-state index is 0.0503. The molecule has 0 radical (unpaired) electrons. The van der Waals surface area contributed by atoms with E-state index in [9.17, 15) is 9.59 Å². The third kappa shape index (κ3) is 6.19. The quantitative estimate of drug-likeness (QED) is 0.670. The zero-order chi connectivity index (χ0) is 22.4. The predicted octanol–water partition coefficient (Wildman–Crippen LogP) is 2.84. The first kappa shape index (κ1) is 23.1. The highest BCUT2D eigenvalue weighted by atomic mass is 35.5. The molecule has 1 saturated heterocycles. The van der Waals surface area contributed by atoms with Crippen molar-refractivity contribution in [3.63, 3.8) is 0 Å². The molecule has 0 unspecified atom stereocenters. The van der Waals surface area contributed by atoms with Crippen molar-refractivity contribution in [1.82, 2.24) is 10.2 Å². The standard InChI is InChI=1S/C23H29ClN4O3/c1-16-4-7-18(14-20(16)24)26-23(30)22(29)25-15-21(28-10-12-31-13-11-28)17-5-8-19(9-6-17)27(2)3/h4-9,14,21H,10-13,15H2,1-3H3,(H,25,29)(H,26,30)/t21-/m1/s1. The molecule has 31 heavy (non-hydrogen) atoms. The van der Waals surface area contributed by atoms with Crippen molar-refractivity contribution in [2.45, 2.75) is 13.0 Å². The smallest absolute Gasteiger partial charge is 0.313 e. The van der Waals surface area contributed by atoms with Crippen LogP contribution in [0.3, 0.4) is 0 Å². The van der Waals surface area contributed by atoms with Crippen molar-refractivity contribution < 1.29 is 14.3 Å². The van der Waals surface area contributed by atoms with Gasteiger partial charge in [-0.1, -0.05) is 29.8 Å². The Hall–Kier alpha value is -2.61. The molecule has 7 nitrogen and oxygen atoms in total. The Kier molecular flexibility index (Phi) is 7.90. The van der Waals surface area contributed by atoms with Crippen molar-refractivity contribution in [3.05, 3.63) is 58.6 Å². The van der Waals surface area contributed by atoms with Gasteiger partial charge in [-0.2, -0.15) is 0 Å². The second kappa shape index (κ2) is 10.6. The number of morpholine rings is 1. The SMILES string of the molecule is Cc1ccc(NC(=O)C(=O)NC[C@H](c2ccc(N(C)C)cc2)N2CCOCC2)cc1Cl. The topological polar surface area (TPSA) is 73.9 Å². The van der Waals surface area contributed by atoms with Crippen LogP contribution in [0, 0.1) is 6.92 Å². The van der Waals surface area contributed by atoms with E-state index in [1.807, 2.05) is 25.9 Å². The second-order valence-electron chi connectivity index (χ2n) is 7.78. The lowest BCUT2D eigenvalue weighted by atomic mass is 10.0. The van der Waals surface area contributed by atoms with Gasteiger partial charge >= 0.3 is 11.8 Å². The van der Waals surface area contributed by atoms with Gasteiger partial charge in [-0.25, -0.2) is 0 Å². The van der Waals surface area contributed by atoms with Gasteiger partial charge in [-0.3, -0.25) is 14.5 Å². The Morgan fingerprint density at radius 2 is 1.77 bits per heavy atom. The monoisotopic (exact) mass is 444 g/mol. The van der Waals surface area contributed by atoms with E-state index in [1.54, 1.807) is 18.2 Å². The summed E-state index contributed by atoms with van der Waals surface area (Å²) >= 11 is 6.09. The summed E-state index contributed by atoms with van der Waals surface area (Å²) in [4.78, 5) is 29.1. The summed E-state index contributed by atoms with van der Waals surface area (Å²) in [6.45, 7) is 5.03. The van der Waals surface area contributed by atoms with Gasteiger partial charge in [0.25, 0.3) is 0 Å². The molecule has 0 saturated carbocycles. The summed E-state index contributed by atoms with van der Waals surface area (Å²) in [5.74, 6) is -1.40. The van der Waals surface area contributed by atoms with Gasteiger partial charge in [0.1, 0.15) is 0 Å². The fourth-order valence-corrected chi connectivity index (χ4v) is 3.65. The Balaban J connectivity index is 1.66. The average molecular weight is 445 g/mol. The number of anilines is 2. The molecular formula is C23H29ClN4O3. The van der Waals surface area contributed by atoms with Gasteiger partial charge in [-0.05, 0) is 42.3 Å². The van der Waals surface area contributed by atoms with Crippen LogP contribution in [-0.4, -0.2) is 63.7 Å². The normalized spacial score (nSPS) is 15.2. The maximum atomic E-state index is 12.5. The lowest BCUT2D eigenvalue weighted by Crippen LogP contribution is -2.45. The van der Waals surface area contributed by atoms with E-state index in [0.717, 1.165) is 29.9 Å². The second-order valence-corrected chi connectivity index (χ2v) is 8.19. The van der Waals surface area contributed by atoms with Gasteiger partial charge < -0.3 is 20.3 Å². The van der Waals surface area contributed by atoms with E-state index in [-0.39, 0.29) is 6.04 Å². The molecule has 0 aromatic heterocycles. The van der Waals surface area contributed by atoms with Crippen LogP contribution in [0.1, 0.15) is 17.2 Å². The summed E-state index contributed by atoms with van der Waals surface area (Å²) < 4.78 is 5.47. The van der Waals surface area contributed by atoms with Gasteiger partial charge in [0.15, 0.2) is 0 Å². The highest BCUT2D eigenvalue weighted by Gasteiger charge is 2.24. The third-order valence-electron chi connectivity index (χ3n) is 5.37. The number of hydrogen-bond acceptors (Lipinski definition) is 5. The van der Waals surface area contributed by atoms with E-state index in [2.05, 4.69) is 39.8 Å². The molecule has 2 amide bonds. The minimum Gasteiger partial charge on any atom is -0.379 e. The van der Waals surface area contributed by atoms with Gasteiger partial charge in [0, 0.05) is 50.1 Å². The fraction of sp³-hybridized carbons (Fsp3) is 0.391. The number of ether oxygens (including phenoxy) is 1. The molecule has 1 heterocycles. The van der Waals surface area contributed by atoms with Crippen LogP contribution in [0.15, 0.2) is 42.5 Å². The summed E-state index contributed by atoms with van der Waals surface area (Å²) in [7, 11) is 3.99. The Morgan fingerprint density at radius 3 is 2.39 bits per heavy atom. The first-order valence-corrected chi connectivity index (χ1v) is 10.7. The first-order valence-electron chi connectivity index (χ1n) is 10.3. The number of benzene rings is 2. The molecular weight excluding hydrogens is 416 g/mol. The van der Waals surface area contributed by atoms with Crippen LogP contribution in [0.4, 0.5) is 11.4 Å². The van der Waals surface area contributed by atoms with Crippen LogP contribution in [0.25, 0.3) is 0 Å². The Labute approximate surface area is 188 Å². The van der Waals surface area contributed by atoms with Gasteiger partial charge in [0.05, 0.1) is 19.3 Å². The van der Waals surface area contributed by atoms with E-state index in [4.69, 9.17) is 16.3 Å². The van der Waals surface area contributed by atoms with Crippen molar-refractivity contribution >= 4 is 34.8 Å². The molecule has 1 fully saturated rings. The summed E-state index contributed by atoms with van der Waals surface area (Å²) in [6, 6.07) is 13.3. The molecule has 2 aromatic carbocycles. The zero-order valence-corrected chi connectivity index (χ0v) is 18.9. The van der Waals surface area contributed by atoms with Gasteiger partial charge in [-0.15, -0.1) is 0 Å². The molecule has 2 N–H and O–H groups in total. The Bertz CT molecular complexity index is 912. The number of nitrogens with one attached hydrogen (secondary N) is 2. The molecule has 0 spiro atoms. The predicted molar refractivity (Wildman–Crippen MR) is 124 cm³/mol. The molecule has 1 aliphatic heterocycles. The largest absolute Gasteiger partial charge is 0.379 e. The molecule has 2 aromatic rings. The lowest BCUT2D eigenvalue weighted by Gasteiger charge is -2.35. The van der Waals surface area contributed by atoms with E-state index < -0.39 is 11.8 Å². The number of carbonyl (C=O) groups excluding carboxylic acids is 2. The summed E-state index contributed by atoms with van der Waals surface area (Å²) in [6.07, 6.45) is 0. The number of aryl methyl sites for hydroxylation is 1. The average Bonchev–Trinajstić information content (AvgIpc) is 2.77. The van der Waals surface area contributed by atoms with Crippen molar-refractivity contribution in [2.75, 3.05) is 57.2 Å². The number of rotatable bonds is 6. The maximum absolute atomic E-state index is 12.5. The lowest BCUT2D eigenvalue weighted by molar-refractivity contribution is -0.136. The van der Waals surface area contributed by atoms with Crippen LogP contribution in [-0.2, 0) is 14.3 Å². The summed E-state index contributed by atoms with van der Waals surface area (Å²) in [5, 5.41) is 5.92. The molecule has 3 rings (SSSR count). The fourth-order valence-electron chi connectivity index (χ4n) is 3.47. The highest BCUT2D eigenvalue weighted by molar-refractivity contribution is 6.39. The minimum atomic E-state index is -0.719. The van der Waals surface area contributed by atoms with Crippen molar-refractivity contribution in [3.8, 4) is 0 Å². The maximum Gasteiger partial charge on any atom is 0.313 e. The molecule has 0 bridgehead atoms. The first-order chi connectivity index (χ1) is 14.8. The van der Waals surface area contributed by atoms with E-state index in [1.165, 1.54) is 0 Å². The summed E-state index contributed by atoms with van der Waals surface area (Å²) in [5.41, 5.74) is 3.57. The van der Waals surface area contributed by atoms with Gasteiger partial charge in [0.2, 0.25) is 0 Å². The van der Waals surface area contributed by atoms with Crippen LogP contribution in [0.5, 0.6) is 0 Å². The number of carbonyl (C=O) groups is 2. The molecule has 1 aliphatic rings. The molecule has 1 atom stereocenters. The number of hydrogen-bond donors (Lipinski definition) is 2. The van der Waals surface area contributed by atoms with Crippen LogP contribution >= 0.6 is 11.6 Å². The number of nitrogens with zero attached hydrogens (tertiary/aromatic N) is 2. The molecule has 8 heteroatoms. The van der Waals surface area contributed by atoms with Crippen molar-refractivity contribution in [2.24, 2.45) is 0 Å². The third-order valence-corrected chi connectivity index (χ3v) is 5.78. The highest BCUT2D eigenvalue weighted by Crippen LogP contribution is 2.24. The van der Waals surface area contributed by atoms with E-state index >= 15 is 0 Å². The number of amides is 2. The van der Waals surface area contributed by atoms with Crippen LogP contribution in [0.2, 0.25) is 5.02 Å².